The van der Waals surface area contributed by atoms with E-state index in [1.165, 1.54) is 18.2 Å². The third-order valence-electron chi connectivity index (χ3n) is 3.53. The number of amides is 1. The number of benzene rings is 1. The van der Waals surface area contributed by atoms with E-state index in [-0.39, 0.29) is 29.0 Å². The van der Waals surface area contributed by atoms with Crippen molar-refractivity contribution in [2.45, 2.75) is 44.2 Å². The van der Waals surface area contributed by atoms with Crippen LogP contribution in [0.15, 0.2) is 18.2 Å². The molecule has 0 radical (unpaired) electrons. The van der Waals surface area contributed by atoms with Gasteiger partial charge in [0.1, 0.15) is 0 Å². The Labute approximate surface area is 111 Å². The summed E-state index contributed by atoms with van der Waals surface area (Å²) >= 11 is 0. The number of rotatable bonds is 2. The average Bonchev–Trinajstić information content (AvgIpc) is 2.58. The fraction of sp³-hybridized carbons (Fsp3) is 0.500. The fourth-order valence-electron chi connectivity index (χ4n) is 2.37. The largest absolute Gasteiger partial charge is 0.504 e. The molecule has 2 atom stereocenters. The molecule has 4 N–H and O–H groups in total. The molecule has 0 aliphatic heterocycles. The van der Waals surface area contributed by atoms with Crippen molar-refractivity contribution in [2.75, 3.05) is 0 Å². The highest BCUT2D eigenvalue weighted by molar-refractivity contribution is 5.95. The zero-order valence-corrected chi connectivity index (χ0v) is 10.7. The Morgan fingerprint density at radius 3 is 2.58 bits per heavy atom. The zero-order chi connectivity index (χ0) is 13.8. The lowest BCUT2D eigenvalue weighted by atomic mass is 10.1. The first kappa shape index (κ1) is 13.7. The molecule has 1 amide bonds. The number of phenolic OH excluding ortho intramolecular Hbond substituents is 2. The Bertz CT molecular complexity index is 461. The van der Waals surface area contributed by atoms with Gasteiger partial charge in [0.05, 0.1) is 12.1 Å². The predicted molar refractivity (Wildman–Crippen MR) is 70.1 cm³/mol. The standard InChI is InChI=1S/C14H19NO4/c16-11-5-3-1-2-4-10(11)15-14(19)9-6-7-12(17)13(18)8-9/h6-8,10-11,16-18H,1-5H2,(H,15,19). The first-order valence-electron chi connectivity index (χ1n) is 6.59. The third-order valence-corrected chi connectivity index (χ3v) is 3.53. The first-order valence-corrected chi connectivity index (χ1v) is 6.59. The maximum atomic E-state index is 12.0. The maximum Gasteiger partial charge on any atom is 0.251 e. The minimum Gasteiger partial charge on any atom is -0.504 e. The van der Waals surface area contributed by atoms with Crippen molar-refractivity contribution >= 4 is 5.91 Å². The van der Waals surface area contributed by atoms with E-state index in [2.05, 4.69) is 5.32 Å². The van der Waals surface area contributed by atoms with Crippen molar-refractivity contribution in [1.82, 2.24) is 5.32 Å². The van der Waals surface area contributed by atoms with Gasteiger partial charge >= 0.3 is 0 Å². The molecular weight excluding hydrogens is 246 g/mol. The van der Waals surface area contributed by atoms with Crippen molar-refractivity contribution in [1.29, 1.82) is 0 Å². The van der Waals surface area contributed by atoms with E-state index < -0.39 is 6.10 Å². The molecule has 0 saturated heterocycles. The van der Waals surface area contributed by atoms with E-state index in [0.29, 0.717) is 6.42 Å². The lowest BCUT2D eigenvalue weighted by Crippen LogP contribution is -2.42. The minimum absolute atomic E-state index is 0.244. The number of carbonyl (C=O) groups excluding carboxylic acids is 1. The van der Waals surface area contributed by atoms with Gasteiger partial charge in [-0.2, -0.15) is 0 Å². The Balaban J connectivity index is 2.05. The molecule has 0 aromatic heterocycles. The van der Waals surface area contributed by atoms with Crippen LogP contribution in [-0.2, 0) is 0 Å². The van der Waals surface area contributed by atoms with Gasteiger partial charge in [0, 0.05) is 5.56 Å². The Hall–Kier alpha value is -1.75. The lowest BCUT2D eigenvalue weighted by Gasteiger charge is -2.21. The number of aliphatic hydroxyl groups excluding tert-OH is 1. The Morgan fingerprint density at radius 2 is 1.84 bits per heavy atom. The second-order valence-electron chi connectivity index (χ2n) is 4.99. The molecule has 0 spiro atoms. The van der Waals surface area contributed by atoms with E-state index >= 15 is 0 Å². The molecule has 19 heavy (non-hydrogen) atoms. The molecule has 1 saturated carbocycles. The van der Waals surface area contributed by atoms with Crippen molar-refractivity contribution < 1.29 is 20.1 Å². The van der Waals surface area contributed by atoms with Gasteiger partial charge in [-0.3, -0.25) is 4.79 Å². The summed E-state index contributed by atoms with van der Waals surface area (Å²) in [5, 5.41) is 31.3. The fourth-order valence-corrected chi connectivity index (χ4v) is 2.37. The first-order chi connectivity index (χ1) is 9.08. The summed E-state index contributed by atoms with van der Waals surface area (Å²) in [4.78, 5) is 12.0. The minimum atomic E-state index is -0.517. The van der Waals surface area contributed by atoms with Gasteiger partial charge in [-0.05, 0) is 31.0 Å². The summed E-state index contributed by atoms with van der Waals surface area (Å²) in [6.07, 6.45) is 3.99. The molecule has 5 heteroatoms. The van der Waals surface area contributed by atoms with Crippen molar-refractivity contribution in [3.8, 4) is 11.5 Å². The molecule has 1 aliphatic carbocycles. The molecule has 5 nitrogen and oxygen atoms in total. The highest BCUT2D eigenvalue weighted by Crippen LogP contribution is 2.25. The Morgan fingerprint density at radius 1 is 1.11 bits per heavy atom. The smallest absolute Gasteiger partial charge is 0.251 e. The second kappa shape index (κ2) is 5.93. The normalized spacial score (nSPS) is 23.6. The second-order valence-corrected chi connectivity index (χ2v) is 4.99. The molecule has 0 heterocycles. The van der Waals surface area contributed by atoms with Crippen LogP contribution >= 0.6 is 0 Å². The van der Waals surface area contributed by atoms with Crippen LogP contribution < -0.4 is 5.32 Å². The average molecular weight is 265 g/mol. The quantitative estimate of drug-likeness (QED) is 0.482. The van der Waals surface area contributed by atoms with E-state index in [9.17, 15) is 20.1 Å². The Kier molecular flexibility index (Phi) is 4.27. The molecule has 0 bridgehead atoms. The van der Waals surface area contributed by atoms with Gasteiger partial charge in [-0.25, -0.2) is 0 Å². The van der Waals surface area contributed by atoms with Crippen LogP contribution in [0.4, 0.5) is 0 Å². The summed E-state index contributed by atoms with van der Waals surface area (Å²) in [6.45, 7) is 0. The number of phenols is 2. The van der Waals surface area contributed by atoms with Crippen molar-refractivity contribution in [3.05, 3.63) is 23.8 Å². The molecule has 2 rings (SSSR count). The number of carbonyl (C=O) groups is 1. The van der Waals surface area contributed by atoms with Crippen LogP contribution in [0, 0.1) is 0 Å². The zero-order valence-electron chi connectivity index (χ0n) is 10.7. The summed E-state index contributed by atoms with van der Waals surface area (Å²) in [5.74, 6) is -0.929. The van der Waals surface area contributed by atoms with Crippen LogP contribution in [0.2, 0.25) is 0 Å². The molecule has 1 aromatic rings. The molecule has 2 unspecified atom stereocenters. The molecule has 1 aliphatic rings. The van der Waals surface area contributed by atoms with Crippen LogP contribution in [0.3, 0.4) is 0 Å². The van der Waals surface area contributed by atoms with E-state index in [0.717, 1.165) is 25.7 Å². The summed E-state index contributed by atoms with van der Waals surface area (Å²) in [6, 6.07) is 3.68. The van der Waals surface area contributed by atoms with Crippen LogP contribution in [0.25, 0.3) is 0 Å². The number of hydrogen-bond donors (Lipinski definition) is 4. The van der Waals surface area contributed by atoms with Crippen LogP contribution in [0.1, 0.15) is 42.5 Å². The molecular formula is C14H19NO4. The highest BCUT2D eigenvalue weighted by atomic mass is 16.3. The summed E-state index contributed by atoms with van der Waals surface area (Å²) in [7, 11) is 0. The van der Waals surface area contributed by atoms with Crippen LogP contribution in [0.5, 0.6) is 11.5 Å². The van der Waals surface area contributed by atoms with Gasteiger partial charge in [-0.1, -0.05) is 19.3 Å². The summed E-state index contributed by atoms with van der Waals surface area (Å²) < 4.78 is 0. The van der Waals surface area contributed by atoms with Gasteiger partial charge in [0.15, 0.2) is 11.5 Å². The topological polar surface area (TPSA) is 89.8 Å². The summed E-state index contributed by atoms with van der Waals surface area (Å²) in [5.41, 5.74) is 0.270. The van der Waals surface area contributed by atoms with Gasteiger partial charge < -0.3 is 20.6 Å². The number of aromatic hydroxyl groups is 2. The molecule has 104 valence electrons. The molecule has 1 aromatic carbocycles. The van der Waals surface area contributed by atoms with E-state index in [4.69, 9.17) is 0 Å². The lowest BCUT2D eigenvalue weighted by molar-refractivity contribution is 0.0818. The molecule has 1 fully saturated rings. The highest BCUT2D eigenvalue weighted by Gasteiger charge is 2.23. The van der Waals surface area contributed by atoms with Crippen molar-refractivity contribution in [2.24, 2.45) is 0 Å². The predicted octanol–water partition coefficient (Wildman–Crippen LogP) is 1.52. The maximum absolute atomic E-state index is 12.0. The van der Waals surface area contributed by atoms with Crippen molar-refractivity contribution in [3.63, 3.8) is 0 Å². The third kappa shape index (κ3) is 3.38. The van der Waals surface area contributed by atoms with Gasteiger partial charge in [0.25, 0.3) is 5.91 Å². The van der Waals surface area contributed by atoms with Crippen LogP contribution in [-0.4, -0.2) is 33.4 Å². The SMILES string of the molecule is O=C(NC1CCCCCC1O)c1ccc(O)c(O)c1. The van der Waals surface area contributed by atoms with Gasteiger partial charge in [0.2, 0.25) is 0 Å². The number of hydrogen-bond acceptors (Lipinski definition) is 4. The number of nitrogens with one attached hydrogen (secondary N) is 1. The monoisotopic (exact) mass is 265 g/mol. The van der Waals surface area contributed by atoms with E-state index in [1.54, 1.807) is 0 Å². The van der Waals surface area contributed by atoms with Gasteiger partial charge in [-0.15, -0.1) is 0 Å². The van der Waals surface area contributed by atoms with E-state index in [1.807, 2.05) is 0 Å². The number of aliphatic hydroxyl groups is 1.